The summed E-state index contributed by atoms with van der Waals surface area (Å²) in [6.45, 7) is 14.6. The van der Waals surface area contributed by atoms with Crippen LogP contribution in [0, 0.1) is 63.6 Å². The number of carboxylic acid groups (broad SMARTS) is 1. The molecule has 4 amide bonds. The van der Waals surface area contributed by atoms with Gasteiger partial charge in [0.25, 0.3) is 5.91 Å². The molecule has 35 heteroatoms. The molecule has 652 valence electrons. The molecule has 8 fully saturated rings. The second kappa shape index (κ2) is 37.0. The molecule has 0 unspecified atom stereocenters. The maximum atomic E-state index is 14.8. The van der Waals surface area contributed by atoms with Gasteiger partial charge in [0.1, 0.15) is 58.9 Å². The highest BCUT2D eigenvalue weighted by Gasteiger charge is 2.67. The maximum absolute atomic E-state index is 14.8. The molecule has 6 aliphatic carbocycles. The molecule has 6 heterocycles. The number of hydrogen-bond acceptors (Lipinski definition) is 23. The van der Waals surface area contributed by atoms with Gasteiger partial charge in [-0.3, -0.25) is 43.0 Å². The SMILES string of the molecule is C.C.C.COc1ccc2nc3c(nc2c1)O[C@H]1CN(C(=O)[C@H](C(C)(C)C)CC(=O)O[C@@H]2C[C@H]2CCCCC3)[C@H](C(=O)C[C@]2(C(=O)NS(=O)(=O)C3CC3)C[C@H]2C(F)F)[C@@H]1C.COc1ccc2nc3c(nc2c1)O[C@H]1CN(C(=O)[C@H](C(C)(C)C)CC(=O)O[C@@H]2C[C@H]2CCCCC3)[C@H](C(=O)O)[C@@H]1C.Cl.N[C@]1(C(=O)NS(=O)(=O)C2CC2)C[C@H]1C(F)F. The first-order chi connectivity index (χ1) is 53.1. The minimum atomic E-state index is -4.09. The number of carbonyl (C=O) groups is 8. The number of hydrogen-bond donors (Lipinski definition) is 4. The number of halogens is 5. The number of rotatable bonds is 14. The Kier molecular flexibility index (Phi) is 29.9. The molecule has 117 heavy (non-hydrogen) atoms. The molecular weight excluding hydrogens is 1590 g/mol. The number of methoxy groups -OCH3 is 2. The first kappa shape index (κ1) is 94.6. The number of carboxylic acids is 1. The molecular formula is C82H118ClF4N9O19S2. The topological polar surface area (TPSA) is 389 Å². The third-order valence-corrected chi connectivity index (χ3v) is 28.0. The molecule has 0 radical (unpaired) electrons. The highest BCUT2D eigenvalue weighted by atomic mass is 35.5. The van der Waals surface area contributed by atoms with Crippen LogP contribution in [0.15, 0.2) is 36.4 Å². The highest BCUT2D eigenvalue weighted by molar-refractivity contribution is 7.91. The summed E-state index contributed by atoms with van der Waals surface area (Å²) < 4.78 is 141. The monoisotopic (exact) mass is 1710 g/mol. The Bertz CT molecular complexity index is 4570. The van der Waals surface area contributed by atoms with Gasteiger partial charge in [-0.25, -0.2) is 59.1 Å². The second-order valence-corrected chi connectivity index (χ2v) is 38.8. The summed E-state index contributed by atoms with van der Waals surface area (Å²) in [5.74, 6) is -8.96. The van der Waals surface area contributed by atoms with Gasteiger partial charge in [0.2, 0.25) is 62.4 Å². The number of ketones is 1. The van der Waals surface area contributed by atoms with Gasteiger partial charge in [-0.05, 0) is 137 Å². The average molecular weight is 1710 g/mol. The number of benzene rings is 2. The number of aromatic nitrogens is 4. The summed E-state index contributed by atoms with van der Waals surface area (Å²) in [6, 6.07) is 8.51. The summed E-state index contributed by atoms with van der Waals surface area (Å²) in [5, 5.41) is 8.86. The predicted molar refractivity (Wildman–Crippen MR) is 428 cm³/mol. The minimum absolute atomic E-state index is 0. The lowest BCUT2D eigenvalue weighted by Crippen LogP contribution is -2.50. The van der Waals surface area contributed by atoms with Crippen molar-refractivity contribution in [1.29, 1.82) is 0 Å². The Balaban J connectivity index is 0.000000245. The van der Waals surface area contributed by atoms with Crippen molar-refractivity contribution in [1.82, 2.24) is 39.2 Å². The largest absolute Gasteiger partial charge is 0.497 e. The van der Waals surface area contributed by atoms with Gasteiger partial charge in [-0.1, -0.05) is 103 Å². The number of aryl methyl sites for hydroxylation is 2. The van der Waals surface area contributed by atoms with Crippen LogP contribution in [0.1, 0.15) is 211 Å². The molecule has 6 saturated carbocycles. The van der Waals surface area contributed by atoms with Gasteiger partial charge in [-0.2, -0.15) is 0 Å². The van der Waals surface area contributed by atoms with Crippen LogP contribution in [0.4, 0.5) is 17.6 Å². The van der Waals surface area contributed by atoms with E-state index in [1.54, 1.807) is 51.0 Å². The van der Waals surface area contributed by atoms with Crippen molar-refractivity contribution in [2.45, 2.75) is 278 Å². The third-order valence-electron chi connectivity index (χ3n) is 24.3. The van der Waals surface area contributed by atoms with Crippen molar-refractivity contribution in [3.8, 4) is 23.3 Å². The molecule has 5 N–H and O–H groups in total. The lowest BCUT2D eigenvalue weighted by Gasteiger charge is -2.35. The second-order valence-electron chi connectivity index (χ2n) is 34.9. The summed E-state index contributed by atoms with van der Waals surface area (Å²) in [7, 11) is -4.66. The highest BCUT2D eigenvalue weighted by Crippen LogP contribution is 2.60. The molecule has 4 aromatic rings. The molecule has 16 atom stereocenters. The van der Waals surface area contributed by atoms with Gasteiger partial charge in [-0.15, -0.1) is 12.4 Å². The number of aliphatic carboxylic acids is 1. The van der Waals surface area contributed by atoms with Crippen molar-refractivity contribution >= 4 is 102 Å². The molecule has 28 nitrogen and oxygen atoms in total. The zero-order chi connectivity index (χ0) is 81.9. The molecule has 4 aliphatic heterocycles. The average Bonchev–Trinajstić information content (AvgIpc) is 1.57. The van der Waals surface area contributed by atoms with E-state index in [2.05, 4.69) is 0 Å². The number of carbonyl (C=O) groups excluding carboxylic acids is 7. The van der Waals surface area contributed by atoms with Crippen LogP contribution >= 0.6 is 12.4 Å². The van der Waals surface area contributed by atoms with E-state index in [1.807, 2.05) is 64.5 Å². The van der Waals surface area contributed by atoms with Crippen LogP contribution < -0.4 is 34.1 Å². The standard InChI is InChI=1S/C40H52F2N4O9S.C31H41N3O7.C8H12F2N2O3S.3CH4.ClH/c1-21-32-20-46(34(21)30(47)19-40(18-26(40)35(41)42)38(50)45-56(51,52)24-12-13-24)37(49)25(39(2,3)4)17-33(48)54-31-15-22(31)9-7-6-8-10-28-36(55-32)44-29-16-23(53-5)11-14-27(29)43-28;1-17-25-16-34(27(17)30(37)38)29(36)20(31(2,3)4)15-26(35)40-24-13-18(24)9-7-6-8-10-22-28(41-25)33-23-14-19(39-5)11-12-21(23)32-22;9-6(10)5-3-8(5,11)7(13)12-16(14,15)4-1-2-4;;;;/h11,14,16,21-22,24-26,31-32,34-35H,6-10,12-13,15,17-20H2,1-5H3,(H,45,50);11-12,14,17-18,20,24-25,27H,6-10,13,15-16H2,1-5H3,(H,37,38);4-6H,1-3,11H2,(H,12,13);3*1H4;1H/t21-,22-,25-,26+,31-,32+,34+,40-;17-,18-,20-,24-,25+,27+;5-,8+;;;;/m110..../s1. The molecule has 14 rings (SSSR count). The number of ether oxygens (including phenoxy) is 6. The Morgan fingerprint density at radius 1 is 0.573 bits per heavy atom. The molecule has 4 bridgehead atoms. The van der Waals surface area contributed by atoms with Crippen LogP contribution in [-0.4, -0.2) is 192 Å². The van der Waals surface area contributed by atoms with E-state index >= 15 is 0 Å². The number of Topliss-reactive ketones (excluding diaryl/α,β-unsaturated/α-hetero) is 1. The Morgan fingerprint density at radius 2 is 0.983 bits per heavy atom. The van der Waals surface area contributed by atoms with Gasteiger partial charge in [0.05, 0.1) is 96.0 Å². The fourth-order valence-corrected chi connectivity index (χ4v) is 19.1. The number of nitrogens with two attached hydrogens (primary N) is 1. The van der Waals surface area contributed by atoms with Crippen LogP contribution in [0.25, 0.3) is 22.1 Å². The van der Waals surface area contributed by atoms with Crippen molar-refractivity contribution in [3.05, 3.63) is 47.8 Å². The normalized spacial score (nSPS) is 30.0. The Morgan fingerprint density at radius 3 is 1.36 bits per heavy atom. The quantitative estimate of drug-likeness (QED) is 0.0673. The smallest absolute Gasteiger partial charge is 0.326 e. The van der Waals surface area contributed by atoms with E-state index in [9.17, 15) is 77.9 Å². The van der Waals surface area contributed by atoms with Crippen molar-refractivity contribution < 1.29 is 106 Å². The van der Waals surface area contributed by atoms with Crippen molar-refractivity contribution in [2.24, 2.45) is 69.3 Å². The van der Waals surface area contributed by atoms with E-state index < -0.39 is 173 Å². The number of fused-ring (bicyclic) bond motifs is 10. The van der Waals surface area contributed by atoms with Crippen LogP contribution in [0.2, 0.25) is 0 Å². The van der Waals surface area contributed by atoms with Gasteiger partial charge >= 0.3 is 17.9 Å². The first-order valence-electron chi connectivity index (χ1n) is 39.4. The number of amides is 4. The maximum Gasteiger partial charge on any atom is 0.326 e. The number of alkyl halides is 4. The van der Waals surface area contributed by atoms with E-state index in [0.29, 0.717) is 84.1 Å². The fraction of sp³-hybridized carbons (Fsp3) is 0.707. The van der Waals surface area contributed by atoms with E-state index in [-0.39, 0.29) is 103 Å². The van der Waals surface area contributed by atoms with E-state index in [0.717, 1.165) is 75.4 Å². The van der Waals surface area contributed by atoms with Crippen LogP contribution in [-0.2, 0) is 80.7 Å². The van der Waals surface area contributed by atoms with Crippen molar-refractivity contribution in [2.75, 3.05) is 27.3 Å². The predicted octanol–water partition coefficient (Wildman–Crippen LogP) is 11.5. The third kappa shape index (κ3) is 21.7. The number of nitrogens with zero attached hydrogens (tertiary/aromatic N) is 6. The van der Waals surface area contributed by atoms with Gasteiger partial charge in [0, 0.05) is 42.2 Å². The molecule has 0 spiro atoms. The van der Waals surface area contributed by atoms with E-state index in [1.165, 1.54) is 9.80 Å². The van der Waals surface area contributed by atoms with E-state index in [4.69, 9.17) is 54.1 Å². The minimum Gasteiger partial charge on any atom is -0.497 e. The fourth-order valence-electron chi connectivity index (χ4n) is 16.3. The molecule has 2 aromatic carbocycles. The summed E-state index contributed by atoms with van der Waals surface area (Å²) in [4.78, 5) is 129. The summed E-state index contributed by atoms with van der Waals surface area (Å²) in [6.07, 6.45) is 2.95. The van der Waals surface area contributed by atoms with Crippen molar-refractivity contribution in [3.63, 3.8) is 0 Å². The lowest BCUT2D eigenvalue weighted by atomic mass is 9.77. The van der Waals surface area contributed by atoms with Gasteiger partial charge in [0.15, 0.2) is 5.78 Å². The molecule has 10 aliphatic rings. The number of esters is 2. The Labute approximate surface area is 689 Å². The summed E-state index contributed by atoms with van der Waals surface area (Å²) >= 11 is 0. The first-order valence-corrected chi connectivity index (χ1v) is 42.5. The molecule has 2 saturated heterocycles. The molecule has 2 aromatic heterocycles. The van der Waals surface area contributed by atoms with Crippen LogP contribution in [0.3, 0.4) is 0 Å². The zero-order valence-corrected chi connectivity index (χ0v) is 68.4. The summed E-state index contributed by atoms with van der Waals surface area (Å²) in [5.41, 5.74) is 4.22. The van der Waals surface area contributed by atoms with Gasteiger partial charge < -0.3 is 49.1 Å². The Hall–Kier alpha value is -7.85. The number of sulfonamides is 2. The zero-order valence-electron chi connectivity index (χ0n) is 65.9. The lowest BCUT2D eigenvalue weighted by molar-refractivity contribution is -0.157. The van der Waals surface area contributed by atoms with Crippen LogP contribution in [0.5, 0.6) is 23.3 Å². The number of nitrogens with one attached hydrogen (secondary N) is 2.